The summed E-state index contributed by atoms with van der Waals surface area (Å²) in [7, 11) is 1.63. The van der Waals surface area contributed by atoms with E-state index in [0.717, 1.165) is 12.5 Å². The van der Waals surface area contributed by atoms with Crippen molar-refractivity contribution < 1.29 is 14.5 Å². The van der Waals surface area contributed by atoms with Gasteiger partial charge in [-0.3, -0.25) is 14.9 Å². The number of rotatable bonds is 3. The Hall–Kier alpha value is -1.37. The van der Waals surface area contributed by atoms with Crippen molar-refractivity contribution in [1.29, 1.82) is 0 Å². The first-order valence-electron chi connectivity index (χ1n) is 5.90. The normalized spacial score (nSPS) is 18.1. The van der Waals surface area contributed by atoms with Gasteiger partial charge in [0, 0.05) is 25.3 Å². The molecular weight excluding hydrogens is 307 g/mol. The zero-order chi connectivity index (χ0) is 14.9. The lowest BCUT2D eigenvalue weighted by Crippen LogP contribution is -2.37. The number of likely N-dealkylation sites (N-methyl/N-ethyl adjacent to an activating group) is 1. The predicted molar refractivity (Wildman–Crippen MR) is 74.4 cm³/mol. The van der Waals surface area contributed by atoms with Crippen LogP contribution in [-0.4, -0.2) is 42.0 Å². The second-order valence-corrected chi connectivity index (χ2v) is 5.27. The van der Waals surface area contributed by atoms with Gasteiger partial charge in [0.1, 0.15) is 5.02 Å². The first-order valence-corrected chi connectivity index (χ1v) is 6.65. The Kier molecular flexibility index (Phi) is 4.47. The first kappa shape index (κ1) is 15.0. The van der Waals surface area contributed by atoms with E-state index in [4.69, 9.17) is 27.9 Å². The van der Waals surface area contributed by atoms with E-state index in [1.54, 1.807) is 7.05 Å². The van der Waals surface area contributed by atoms with Gasteiger partial charge in [-0.2, -0.15) is 0 Å². The number of ether oxygens (including phenoxy) is 1. The van der Waals surface area contributed by atoms with Crippen LogP contribution in [0.4, 0.5) is 5.69 Å². The van der Waals surface area contributed by atoms with Crippen LogP contribution in [0.2, 0.25) is 10.0 Å². The molecule has 0 spiro atoms. The highest BCUT2D eigenvalue weighted by Crippen LogP contribution is 2.33. The fourth-order valence-corrected chi connectivity index (χ4v) is 2.42. The number of nitrogens with zero attached hydrogens (tertiary/aromatic N) is 2. The SMILES string of the molecule is CN(C(=O)c1cc(Cl)c(Cl)c([N+](=O)[O-])c1)C1CCOC1. The third-order valence-corrected chi connectivity index (χ3v) is 4.02. The van der Waals surface area contributed by atoms with E-state index >= 15 is 0 Å². The van der Waals surface area contributed by atoms with Crippen LogP contribution >= 0.6 is 23.2 Å². The summed E-state index contributed by atoms with van der Waals surface area (Å²) >= 11 is 11.6. The van der Waals surface area contributed by atoms with Gasteiger partial charge in [0.25, 0.3) is 11.6 Å². The van der Waals surface area contributed by atoms with Gasteiger partial charge in [0.05, 0.1) is 22.6 Å². The fourth-order valence-electron chi connectivity index (χ4n) is 2.03. The number of hydrogen-bond donors (Lipinski definition) is 0. The minimum atomic E-state index is -0.663. The molecule has 108 valence electrons. The molecule has 1 unspecified atom stereocenters. The van der Waals surface area contributed by atoms with Crippen LogP contribution in [0.15, 0.2) is 12.1 Å². The number of nitro groups is 1. The lowest BCUT2D eigenvalue weighted by Gasteiger charge is -2.23. The maximum atomic E-state index is 12.3. The highest BCUT2D eigenvalue weighted by atomic mass is 35.5. The van der Waals surface area contributed by atoms with E-state index < -0.39 is 4.92 Å². The van der Waals surface area contributed by atoms with Crippen LogP contribution in [0.1, 0.15) is 16.8 Å². The van der Waals surface area contributed by atoms with E-state index in [-0.39, 0.29) is 33.2 Å². The quantitative estimate of drug-likeness (QED) is 0.634. The number of hydrogen-bond acceptors (Lipinski definition) is 4. The predicted octanol–water partition coefficient (Wildman–Crippen LogP) is 2.76. The van der Waals surface area contributed by atoms with E-state index in [1.165, 1.54) is 11.0 Å². The average Bonchev–Trinajstić information content (AvgIpc) is 2.93. The third-order valence-electron chi connectivity index (χ3n) is 3.23. The van der Waals surface area contributed by atoms with Crippen LogP contribution in [-0.2, 0) is 4.74 Å². The molecule has 0 aromatic heterocycles. The van der Waals surface area contributed by atoms with Gasteiger partial charge in [-0.1, -0.05) is 23.2 Å². The summed E-state index contributed by atoms with van der Waals surface area (Å²) in [5, 5.41) is 10.7. The molecule has 1 aromatic carbocycles. The Morgan fingerprint density at radius 1 is 1.50 bits per heavy atom. The minimum absolute atomic E-state index is 0.0136. The Morgan fingerprint density at radius 2 is 2.20 bits per heavy atom. The Balaban J connectivity index is 2.32. The van der Waals surface area contributed by atoms with Crippen molar-refractivity contribution >= 4 is 34.8 Å². The molecule has 1 amide bonds. The lowest BCUT2D eigenvalue weighted by molar-refractivity contribution is -0.384. The van der Waals surface area contributed by atoms with Crippen LogP contribution in [0, 0.1) is 10.1 Å². The molecule has 20 heavy (non-hydrogen) atoms. The zero-order valence-electron chi connectivity index (χ0n) is 10.6. The smallest absolute Gasteiger partial charge is 0.290 e. The van der Waals surface area contributed by atoms with Gasteiger partial charge in [-0.25, -0.2) is 0 Å². The standard InChI is InChI=1S/C12H12Cl2N2O4/c1-15(8-2-3-20-6-8)12(17)7-4-9(13)11(14)10(5-7)16(18)19/h4-5,8H,2-3,6H2,1H3. The molecule has 0 radical (unpaired) electrons. The number of benzene rings is 1. The molecule has 1 heterocycles. The molecule has 1 atom stereocenters. The van der Waals surface area contributed by atoms with Crippen molar-refractivity contribution in [1.82, 2.24) is 4.90 Å². The Labute approximate surface area is 125 Å². The largest absolute Gasteiger partial charge is 0.379 e. The summed E-state index contributed by atoms with van der Waals surface area (Å²) in [4.78, 5) is 24.1. The van der Waals surface area contributed by atoms with Gasteiger partial charge in [-0.05, 0) is 12.5 Å². The van der Waals surface area contributed by atoms with Gasteiger partial charge in [0.2, 0.25) is 0 Å². The molecule has 0 saturated carbocycles. The number of carbonyl (C=O) groups is 1. The number of amides is 1. The third kappa shape index (κ3) is 2.87. The fraction of sp³-hybridized carbons (Fsp3) is 0.417. The molecule has 1 aliphatic heterocycles. The van der Waals surface area contributed by atoms with Crippen molar-refractivity contribution in [3.63, 3.8) is 0 Å². The molecular formula is C12H12Cl2N2O4. The minimum Gasteiger partial charge on any atom is -0.379 e. The Bertz CT molecular complexity index is 559. The van der Waals surface area contributed by atoms with E-state index in [2.05, 4.69) is 0 Å². The van der Waals surface area contributed by atoms with Gasteiger partial charge in [-0.15, -0.1) is 0 Å². The lowest BCUT2D eigenvalue weighted by atomic mass is 10.1. The zero-order valence-corrected chi connectivity index (χ0v) is 12.1. The number of halogens is 2. The maximum absolute atomic E-state index is 12.3. The van der Waals surface area contributed by atoms with Crippen molar-refractivity contribution in [3.05, 3.63) is 37.9 Å². The van der Waals surface area contributed by atoms with Crippen molar-refractivity contribution in [2.45, 2.75) is 12.5 Å². The molecule has 6 nitrogen and oxygen atoms in total. The summed E-state index contributed by atoms with van der Waals surface area (Å²) < 4.78 is 5.22. The van der Waals surface area contributed by atoms with Crippen LogP contribution in [0.5, 0.6) is 0 Å². The molecule has 1 fully saturated rings. The molecule has 2 rings (SSSR count). The van der Waals surface area contributed by atoms with Crippen LogP contribution in [0.3, 0.4) is 0 Å². The number of carbonyl (C=O) groups excluding carboxylic acids is 1. The van der Waals surface area contributed by atoms with Crippen molar-refractivity contribution in [2.24, 2.45) is 0 Å². The molecule has 1 aliphatic rings. The maximum Gasteiger partial charge on any atom is 0.290 e. The highest BCUT2D eigenvalue weighted by Gasteiger charge is 2.27. The molecule has 0 N–H and O–H groups in total. The first-order chi connectivity index (χ1) is 9.41. The summed E-state index contributed by atoms with van der Waals surface area (Å²) in [6, 6.07) is 2.45. The van der Waals surface area contributed by atoms with Crippen molar-refractivity contribution in [3.8, 4) is 0 Å². The summed E-state index contributed by atoms with van der Waals surface area (Å²) in [6.07, 6.45) is 0.742. The van der Waals surface area contributed by atoms with Crippen LogP contribution in [0.25, 0.3) is 0 Å². The highest BCUT2D eigenvalue weighted by molar-refractivity contribution is 6.43. The van der Waals surface area contributed by atoms with Gasteiger partial charge < -0.3 is 9.64 Å². The van der Waals surface area contributed by atoms with Crippen LogP contribution < -0.4 is 0 Å². The molecule has 1 saturated heterocycles. The summed E-state index contributed by atoms with van der Waals surface area (Å²) in [5.74, 6) is -0.345. The number of nitro benzene ring substituents is 1. The van der Waals surface area contributed by atoms with E-state index in [0.29, 0.717) is 13.2 Å². The second-order valence-electron chi connectivity index (χ2n) is 4.48. The summed E-state index contributed by atoms with van der Waals surface area (Å²) in [5.41, 5.74) is -0.237. The van der Waals surface area contributed by atoms with Gasteiger partial charge in [0.15, 0.2) is 0 Å². The second kappa shape index (κ2) is 5.95. The topological polar surface area (TPSA) is 72.7 Å². The van der Waals surface area contributed by atoms with E-state index in [1.807, 2.05) is 0 Å². The monoisotopic (exact) mass is 318 g/mol. The van der Waals surface area contributed by atoms with Crippen molar-refractivity contribution in [2.75, 3.05) is 20.3 Å². The van der Waals surface area contributed by atoms with Gasteiger partial charge >= 0.3 is 0 Å². The Morgan fingerprint density at radius 3 is 2.75 bits per heavy atom. The molecule has 8 heteroatoms. The summed E-state index contributed by atoms with van der Waals surface area (Å²) in [6.45, 7) is 1.06. The molecule has 0 aliphatic carbocycles. The molecule has 1 aromatic rings. The average molecular weight is 319 g/mol. The molecule has 0 bridgehead atoms. The van der Waals surface area contributed by atoms with E-state index in [9.17, 15) is 14.9 Å².